The molecule has 148 valence electrons. The van der Waals surface area contributed by atoms with Crippen LogP contribution in [0.1, 0.15) is 18.9 Å². The highest BCUT2D eigenvalue weighted by molar-refractivity contribution is 6.04. The molecule has 2 heterocycles. The van der Waals surface area contributed by atoms with Crippen LogP contribution in [0, 0.1) is 5.92 Å². The number of hydrogen-bond acceptors (Lipinski definition) is 5. The molecule has 2 aromatic rings. The number of nitrogens with one attached hydrogen (secondary N) is 1. The molecule has 1 fully saturated rings. The summed E-state index contributed by atoms with van der Waals surface area (Å²) < 4.78 is 10.6. The number of nitrogen functional groups attached to an aromatic ring is 1. The van der Waals surface area contributed by atoms with Crippen LogP contribution in [0.5, 0.6) is 11.5 Å². The molecule has 0 radical (unpaired) electrons. The van der Waals surface area contributed by atoms with Gasteiger partial charge in [-0.1, -0.05) is 19.1 Å². The van der Waals surface area contributed by atoms with Gasteiger partial charge < -0.3 is 25.4 Å². The van der Waals surface area contributed by atoms with Gasteiger partial charge in [-0.05, 0) is 24.1 Å². The summed E-state index contributed by atoms with van der Waals surface area (Å²) in [7, 11) is 0. The van der Waals surface area contributed by atoms with Gasteiger partial charge in [0.05, 0.1) is 17.3 Å². The number of nitrogens with two attached hydrogens (primary N) is 1. The molecule has 0 aromatic heterocycles. The minimum absolute atomic E-state index is 0. The zero-order chi connectivity index (χ0) is 19.0. The van der Waals surface area contributed by atoms with E-state index in [-0.39, 0.29) is 37.4 Å². The van der Waals surface area contributed by atoms with Gasteiger partial charge in [-0.2, -0.15) is 0 Å². The van der Waals surface area contributed by atoms with Crippen molar-refractivity contribution in [3.63, 3.8) is 0 Å². The zero-order valence-electron chi connectivity index (χ0n) is 15.4. The smallest absolute Gasteiger partial charge is 0.231 e. The number of amides is 2. The normalized spacial score (nSPS) is 17.4. The molecule has 4 rings (SSSR count). The molecule has 3 N–H and O–H groups in total. The monoisotopic (exact) mass is 403 g/mol. The third kappa shape index (κ3) is 3.71. The fourth-order valence-corrected chi connectivity index (χ4v) is 3.35. The molecule has 2 aliphatic rings. The number of nitrogens with zero attached hydrogens (tertiary/aromatic N) is 1. The largest absolute Gasteiger partial charge is 0.454 e. The van der Waals surface area contributed by atoms with Crippen molar-refractivity contribution in [3.8, 4) is 11.5 Å². The van der Waals surface area contributed by atoms with Crippen molar-refractivity contribution in [3.05, 3.63) is 42.0 Å². The third-order valence-electron chi connectivity index (χ3n) is 4.95. The number of carbonyl (C=O) groups excluding carboxylic acids is 2. The first-order chi connectivity index (χ1) is 13.0. The minimum Gasteiger partial charge on any atom is -0.454 e. The van der Waals surface area contributed by atoms with Crippen molar-refractivity contribution in [1.82, 2.24) is 0 Å². The predicted molar refractivity (Wildman–Crippen MR) is 109 cm³/mol. The number of anilines is 3. The number of halogens is 1. The lowest BCUT2D eigenvalue weighted by Gasteiger charge is -2.17. The van der Waals surface area contributed by atoms with Crippen molar-refractivity contribution in [2.24, 2.45) is 5.92 Å². The van der Waals surface area contributed by atoms with Crippen LogP contribution in [0.2, 0.25) is 0 Å². The molecule has 0 bridgehead atoms. The van der Waals surface area contributed by atoms with E-state index in [0.717, 1.165) is 12.1 Å². The highest BCUT2D eigenvalue weighted by Gasteiger charge is 2.35. The van der Waals surface area contributed by atoms with E-state index in [1.165, 1.54) is 5.56 Å². The molecule has 7 nitrogen and oxygen atoms in total. The van der Waals surface area contributed by atoms with Crippen LogP contribution < -0.4 is 25.4 Å². The van der Waals surface area contributed by atoms with Crippen LogP contribution in [-0.2, 0) is 16.0 Å². The molecule has 1 saturated heterocycles. The molecule has 1 atom stereocenters. The first kappa shape index (κ1) is 19.8. The van der Waals surface area contributed by atoms with Crippen molar-refractivity contribution < 1.29 is 19.1 Å². The Labute approximate surface area is 169 Å². The molecule has 1 unspecified atom stereocenters. The molecule has 0 saturated carbocycles. The summed E-state index contributed by atoms with van der Waals surface area (Å²) in [4.78, 5) is 26.7. The Hall–Kier alpha value is -2.93. The van der Waals surface area contributed by atoms with Gasteiger partial charge in [0.25, 0.3) is 0 Å². The maximum Gasteiger partial charge on any atom is 0.231 e. The molecule has 2 amide bonds. The zero-order valence-corrected chi connectivity index (χ0v) is 16.3. The third-order valence-corrected chi connectivity index (χ3v) is 4.95. The fraction of sp³-hybridized carbons (Fsp3) is 0.300. The topological polar surface area (TPSA) is 93.9 Å². The Kier molecular flexibility index (Phi) is 5.65. The van der Waals surface area contributed by atoms with Gasteiger partial charge in [0.2, 0.25) is 18.6 Å². The summed E-state index contributed by atoms with van der Waals surface area (Å²) >= 11 is 0. The maximum atomic E-state index is 12.7. The highest BCUT2D eigenvalue weighted by Crippen LogP contribution is 2.38. The average Bonchev–Trinajstić information content (AvgIpc) is 3.28. The van der Waals surface area contributed by atoms with Gasteiger partial charge in [0.1, 0.15) is 0 Å². The number of ether oxygens (including phenoxy) is 2. The summed E-state index contributed by atoms with van der Waals surface area (Å²) in [6.45, 7) is 2.56. The number of hydrogen-bond donors (Lipinski definition) is 2. The fourth-order valence-electron chi connectivity index (χ4n) is 3.35. The van der Waals surface area contributed by atoms with E-state index in [1.54, 1.807) is 17.0 Å². The predicted octanol–water partition coefficient (Wildman–Crippen LogP) is 2.97. The van der Waals surface area contributed by atoms with Gasteiger partial charge in [-0.3, -0.25) is 9.59 Å². The lowest BCUT2D eigenvalue weighted by molar-refractivity contribution is -0.122. The highest BCUT2D eigenvalue weighted by atomic mass is 35.5. The summed E-state index contributed by atoms with van der Waals surface area (Å²) in [5.41, 5.74) is 8.86. The van der Waals surface area contributed by atoms with E-state index in [2.05, 4.69) is 12.2 Å². The van der Waals surface area contributed by atoms with Crippen LogP contribution >= 0.6 is 12.4 Å². The van der Waals surface area contributed by atoms with E-state index >= 15 is 0 Å². The standard InChI is InChI=1S/C20H21N3O4.ClH/c1-2-12-3-5-14(6-4-12)23-10-13(7-19(23)24)20(25)22-16-9-18-17(8-15(16)21)26-11-27-18;/h3-6,8-9,13H,2,7,10-11,21H2,1H3,(H,22,25);1H. The number of fused-ring (bicyclic) bond motifs is 1. The van der Waals surface area contributed by atoms with E-state index in [1.807, 2.05) is 24.3 Å². The average molecular weight is 404 g/mol. The van der Waals surface area contributed by atoms with Crippen molar-refractivity contribution in [1.29, 1.82) is 0 Å². The van der Waals surface area contributed by atoms with Crippen LogP contribution in [0.15, 0.2) is 36.4 Å². The lowest BCUT2D eigenvalue weighted by atomic mass is 10.1. The number of rotatable bonds is 4. The van der Waals surface area contributed by atoms with Crippen LogP contribution in [0.4, 0.5) is 17.1 Å². The van der Waals surface area contributed by atoms with E-state index in [4.69, 9.17) is 15.2 Å². The van der Waals surface area contributed by atoms with Crippen LogP contribution in [-0.4, -0.2) is 25.2 Å². The number of benzene rings is 2. The van der Waals surface area contributed by atoms with Crippen LogP contribution in [0.3, 0.4) is 0 Å². The molecule has 28 heavy (non-hydrogen) atoms. The lowest BCUT2D eigenvalue weighted by Crippen LogP contribution is -2.28. The summed E-state index contributed by atoms with van der Waals surface area (Å²) in [6, 6.07) is 11.1. The Morgan fingerprint density at radius 3 is 2.57 bits per heavy atom. The molecule has 8 heteroatoms. The second-order valence-electron chi connectivity index (χ2n) is 6.71. The summed E-state index contributed by atoms with van der Waals surface area (Å²) in [5.74, 6) is 0.371. The molecule has 0 spiro atoms. The Bertz CT molecular complexity index is 901. The summed E-state index contributed by atoms with van der Waals surface area (Å²) in [5, 5.41) is 2.81. The molecule has 2 aromatic carbocycles. The Balaban J connectivity index is 0.00000225. The van der Waals surface area contributed by atoms with Crippen molar-refractivity contribution in [2.75, 3.05) is 29.3 Å². The maximum absolute atomic E-state index is 12.7. The molecule has 2 aliphatic heterocycles. The quantitative estimate of drug-likeness (QED) is 0.765. The van der Waals surface area contributed by atoms with Crippen molar-refractivity contribution >= 4 is 41.3 Å². The van der Waals surface area contributed by atoms with Gasteiger partial charge in [-0.15, -0.1) is 12.4 Å². The summed E-state index contributed by atoms with van der Waals surface area (Å²) in [6.07, 6.45) is 1.11. The van der Waals surface area contributed by atoms with Gasteiger partial charge in [0, 0.05) is 30.8 Å². The van der Waals surface area contributed by atoms with E-state index < -0.39 is 5.92 Å². The number of aryl methyl sites for hydroxylation is 1. The minimum atomic E-state index is -0.437. The molecular weight excluding hydrogens is 382 g/mol. The SMILES string of the molecule is CCc1ccc(N2CC(C(=O)Nc3cc4c(cc3N)OCO4)CC2=O)cc1.Cl. The first-order valence-electron chi connectivity index (χ1n) is 8.94. The van der Waals surface area contributed by atoms with Gasteiger partial charge in [-0.25, -0.2) is 0 Å². The second-order valence-corrected chi connectivity index (χ2v) is 6.71. The van der Waals surface area contributed by atoms with E-state index in [9.17, 15) is 9.59 Å². The van der Waals surface area contributed by atoms with Gasteiger partial charge in [0.15, 0.2) is 11.5 Å². The second kappa shape index (κ2) is 7.98. The number of carbonyl (C=O) groups is 2. The molecule has 0 aliphatic carbocycles. The van der Waals surface area contributed by atoms with Gasteiger partial charge >= 0.3 is 0 Å². The van der Waals surface area contributed by atoms with Crippen LogP contribution in [0.25, 0.3) is 0 Å². The molecular formula is C20H22ClN3O4. The Morgan fingerprint density at radius 1 is 1.21 bits per heavy atom. The van der Waals surface area contributed by atoms with Crippen molar-refractivity contribution in [2.45, 2.75) is 19.8 Å². The van der Waals surface area contributed by atoms with E-state index in [0.29, 0.717) is 29.4 Å². The first-order valence-corrected chi connectivity index (χ1v) is 8.94. The Morgan fingerprint density at radius 2 is 1.89 bits per heavy atom.